The van der Waals surface area contributed by atoms with Crippen LogP contribution in [0.5, 0.6) is 11.5 Å². The Bertz CT molecular complexity index is 764. The molecule has 1 aliphatic heterocycles. The van der Waals surface area contributed by atoms with E-state index < -0.39 is 0 Å². The van der Waals surface area contributed by atoms with Crippen LogP contribution in [-0.2, 0) is 18.8 Å². The lowest BCUT2D eigenvalue weighted by molar-refractivity contribution is 0.174. The summed E-state index contributed by atoms with van der Waals surface area (Å²) in [5.41, 5.74) is 1.10. The maximum absolute atomic E-state index is 5.80. The smallest absolute Gasteiger partial charge is 0.231 e. The zero-order valence-corrected chi connectivity index (χ0v) is 17.3. The zero-order valence-electron chi connectivity index (χ0n) is 15.6. The van der Waals surface area contributed by atoms with E-state index in [1.807, 2.05) is 50.1 Å². The molecule has 0 amide bonds. The molecule has 0 bridgehead atoms. The Morgan fingerprint density at radius 3 is 2.78 bits per heavy atom. The minimum atomic E-state index is 0.290. The maximum atomic E-state index is 5.80. The molecule has 1 aliphatic rings. The SMILES string of the molecule is CN(C)Cc1ccc(CSCCNC(=S)NCc2ccc3c(c2)OCO3)o1. The first-order chi connectivity index (χ1) is 13.1. The van der Waals surface area contributed by atoms with Gasteiger partial charge in [-0.15, -0.1) is 0 Å². The Kier molecular flexibility index (Phi) is 7.25. The lowest BCUT2D eigenvalue weighted by Gasteiger charge is -2.10. The third-order valence-corrected chi connectivity index (χ3v) is 5.13. The van der Waals surface area contributed by atoms with E-state index in [0.717, 1.165) is 53.2 Å². The Morgan fingerprint density at radius 2 is 1.93 bits per heavy atom. The minimum Gasteiger partial charge on any atom is -0.464 e. The largest absolute Gasteiger partial charge is 0.464 e. The van der Waals surface area contributed by atoms with Crippen LogP contribution in [0.3, 0.4) is 0 Å². The second-order valence-corrected chi connectivity index (χ2v) is 7.97. The van der Waals surface area contributed by atoms with E-state index in [-0.39, 0.29) is 0 Å². The van der Waals surface area contributed by atoms with Crippen molar-refractivity contribution in [3.63, 3.8) is 0 Å². The molecule has 6 nitrogen and oxygen atoms in total. The predicted octanol–water partition coefficient (Wildman–Crippen LogP) is 2.97. The summed E-state index contributed by atoms with van der Waals surface area (Å²) in [7, 11) is 4.07. The fourth-order valence-electron chi connectivity index (χ4n) is 2.60. The van der Waals surface area contributed by atoms with Crippen LogP contribution in [0.1, 0.15) is 17.1 Å². The molecule has 0 radical (unpaired) electrons. The van der Waals surface area contributed by atoms with E-state index in [9.17, 15) is 0 Å². The number of hydrogen-bond acceptors (Lipinski definition) is 6. The molecule has 0 saturated heterocycles. The molecule has 8 heteroatoms. The lowest BCUT2D eigenvalue weighted by Crippen LogP contribution is -2.36. The summed E-state index contributed by atoms with van der Waals surface area (Å²) in [5, 5.41) is 7.09. The number of hydrogen-bond donors (Lipinski definition) is 2. The summed E-state index contributed by atoms with van der Waals surface area (Å²) in [4.78, 5) is 2.09. The van der Waals surface area contributed by atoms with Crippen molar-refractivity contribution in [2.75, 3.05) is 33.2 Å². The van der Waals surface area contributed by atoms with Crippen LogP contribution in [0.25, 0.3) is 0 Å². The molecule has 27 heavy (non-hydrogen) atoms. The molecule has 0 fully saturated rings. The Balaban J connectivity index is 1.28. The van der Waals surface area contributed by atoms with Gasteiger partial charge in [-0.2, -0.15) is 11.8 Å². The summed E-state index contributed by atoms with van der Waals surface area (Å²) in [5.74, 6) is 5.42. The van der Waals surface area contributed by atoms with E-state index in [2.05, 4.69) is 21.6 Å². The molecule has 1 aromatic heterocycles. The van der Waals surface area contributed by atoms with Crippen molar-refractivity contribution in [1.82, 2.24) is 15.5 Å². The van der Waals surface area contributed by atoms with E-state index >= 15 is 0 Å². The summed E-state index contributed by atoms with van der Waals surface area (Å²) < 4.78 is 16.5. The number of thiocarbonyl (C=S) groups is 1. The first-order valence-electron chi connectivity index (χ1n) is 8.80. The van der Waals surface area contributed by atoms with Crippen LogP contribution in [0.15, 0.2) is 34.7 Å². The quantitative estimate of drug-likeness (QED) is 0.486. The molecule has 0 saturated carbocycles. The van der Waals surface area contributed by atoms with Gasteiger partial charge in [0.25, 0.3) is 0 Å². The van der Waals surface area contributed by atoms with Gasteiger partial charge in [-0.1, -0.05) is 6.07 Å². The van der Waals surface area contributed by atoms with Gasteiger partial charge in [0, 0.05) is 18.8 Å². The van der Waals surface area contributed by atoms with Crippen molar-refractivity contribution in [3.8, 4) is 11.5 Å². The highest BCUT2D eigenvalue weighted by Crippen LogP contribution is 2.32. The fourth-order valence-corrected chi connectivity index (χ4v) is 3.52. The van der Waals surface area contributed by atoms with Crippen LogP contribution in [0.4, 0.5) is 0 Å². The van der Waals surface area contributed by atoms with Gasteiger partial charge in [-0.25, -0.2) is 0 Å². The molecule has 0 atom stereocenters. The number of nitrogens with zero attached hydrogens (tertiary/aromatic N) is 1. The second-order valence-electron chi connectivity index (χ2n) is 6.46. The standard InChI is InChI=1S/C19H25N3O3S2/c1-22(2)11-15-4-5-16(25-15)12-27-8-7-20-19(26)21-10-14-3-6-17-18(9-14)24-13-23-17/h3-6,9H,7-8,10-13H2,1-2H3,(H2,20,21,26). The molecule has 2 N–H and O–H groups in total. The van der Waals surface area contributed by atoms with Gasteiger partial charge in [0.05, 0.1) is 12.3 Å². The van der Waals surface area contributed by atoms with Crippen molar-refractivity contribution < 1.29 is 13.9 Å². The van der Waals surface area contributed by atoms with E-state index in [0.29, 0.717) is 18.5 Å². The summed E-state index contributed by atoms with van der Waals surface area (Å²) in [6.07, 6.45) is 0. The highest BCUT2D eigenvalue weighted by molar-refractivity contribution is 7.98. The van der Waals surface area contributed by atoms with Crippen LogP contribution >= 0.6 is 24.0 Å². The molecule has 146 valence electrons. The Hall–Kier alpha value is -1.90. The van der Waals surface area contributed by atoms with Gasteiger partial charge in [0.1, 0.15) is 11.5 Å². The Morgan fingerprint density at radius 1 is 1.11 bits per heavy atom. The van der Waals surface area contributed by atoms with Crippen molar-refractivity contribution in [3.05, 3.63) is 47.4 Å². The number of furan rings is 1. The average molecular weight is 408 g/mol. The molecular formula is C19H25N3O3S2. The van der Waals surface area contributed by atoms with Gasteiger partial charge < -0.3 is 29.4 Å². The highest BCUT2D eigenvalue weighted by Gasteiger charge is 2.13. The monoisotopic (exact) mass is 407 g/mol. The Labute approximate surface area is 169 Å². The van der Waals surface area contributed by atoms with Crippen molar-refractivity contribution in [2.45, 2.75) is 18.8 Å². The van der Waals surface area contributed by atoms with Crippen LogP contribution in [0.2, 0.25) is 0 Å². The molecule has 0 spiro atoms. The zero-order chi connectivity index (χ0) is 19.1. The highest BCUT2D eigenvalue weighted by atomic mass is 32.2. The number of ether oxygens (including phenoxy) is 2. The van der Waals surface area contributed by atoms with E-state index in [4.69, 9.17) is 26.1 Å². The lowest BCUT2D eigenvalue weighted by atomic mass is 10.2. The van der Waals surface area contributed by atoms with Crippen LogP contribution in [0, 0.1) is 0 Å². The molecule has 0 unspecified atom stereocenters. The number of benzene rings is 1. The molecule has 2 heterocycles. The maximum Gasteiger partial charge on any atom is 0.231 e. The van der Waals surface area contributed by atoms with Crippen molar-refractivity contribution in [1.29, 1.82) is 0 Å². The molecular weight excluding hydrogens is 382 g/mol. The first-order valence-corrected chi connectivity index (χ1v) is 10.4. The van der Waals surface area contributed by atoms with E-state index in [1.165, 1.54) is 0 Å². The second kappa shape index (κ2) is 9.87. The molecule has 3 rings (SSSR count). The van der Waals surface area contributed by atoms with Gasteiger partial charge in [-0.05, 0) is 56.1 Å². The topological polar surface area (TPSA) is 58.9 Å². The summed E-state index contributed by atoms with van der Waals surface area (Å²) in [6, 6.07) is 10.00. The van der Waals surface area contributed by atoms with Gasteiger partial charge in [0.2, 0.25) is 6.79 Å². The normalized spacial score (nSPS) is 12.4. The summed E-state index contributed by atoms with van der Waals surface area (Å²) >= 11 is 7.15. The molecule has 0 aliphatic carbocycles. The first kappa shape index (κ1) is 19.9. The minimum absolute atomic E-state index is 0.290. The average Bonchev–Trinajstić information content (AvgIpc) is 3.27. The van der Waals surface area contributed by atoms with Gasteiger partial charge in [-0.3, -0.25) is 0 Å². The van der Waals surface area contributed by atoms with Crippen molar-refractivity contribution >= 4 is 29.1 Å². The van der Waals surface area contributed by atoms with E-state index in [1.54, 1.807) is 0 Å². The number of fused-ring (bicyclic) bond motifs is 1. The number of thioether (sulfide) groups is 1. The molecule has 2 aromatic rings. The van der Waals surface area contributed by atoms with Crippen LogP contribution < -0.4 is 20.1 Å². The van der Waals surface area contributed by atoms with Crippen LogP contribution in [-0.4, -0.2) is 43.2 Å². The van der Waals surface area contributed by atoms with Gasteiger partial charge in [0.15, 0.2) is 16.6 Å². The van der Waals surface area contributed by atoms with Crippen molar-refractivity contribution in [2.24, 2.45) is 0 Å². The molecule has 1 aromatic carbocycles. The summed E-state index contributed by atoms with van der Waals surface area (Å²) in [6.45, 7) is 2.58. The third-order valence-electron chi connectivity index (χ3n) is 3.86. The number of nitrogens with one attached hydrogen (secondary N) is 2. The predicted molar refractivity (Wildman–Crippen MR) is 112 cm³/mol. The third kappa shape index (κ3) is 6.34. The van der Waals surface area contributed by atoms with Gasteiger partial charge >= 0.3 is 0 Å². The number of rotatable bonds is 9. The fraction of sp³-hybridized carbons (Fsp3) is 0.421.